The lowest BCUT2D eigenvalue weighted by molar-refractivity contribution is 0.0731. The molecule has 0 saturated heterocycles. The van der Waals surface area contributed by atoms with Crippen LogP contribution in [0.4, 0.5) is 4.39 Å². The normalized spacial score (nSPS) is 16.6. The molecule has 0 atom stereocenters. The molecule has 2 fully saturated rings. The van der Waals surface area contributed by atoms with Crippen molar-refractivity contribution >= 4 is 16.9 Å². The summed E-state index contributed by atoms with van der Waals surface area (Å²) in [6.45, 7) is 4.64. The molecule has 0 spiro atoms. The molecule has 5 rings (SSSR count). The summed E-state index contributed by atoms with van der Waals surface area (Å²) in [4.78, 5) is 20.5. The van der Waals surface area contributed by atoms with Gasteiger partial charge in [0.05, 0.1) is 17.1 Å². The van der Waals surface area contributed by atoms with Gasteiger partial charge < -0.3 is 4.90 Å². The van der Waals surface area contributed by atoms with E-state index in [4.69, 9.17) is 4.98 Å². The fourth-order valence-corrected chi connectivity index (χ4v) is 3.87. The Bertz CT molecular complexity index is 1060. The first kappa shape index (κ1) is 18.3. The van der Waals surface area contributed by atoms with Gasteiger partial charge in [-0.3, -0.25) is 4.79 Å². The summed E-state index contributed by atoms with van der Waals surface area (Å²) in [7, 11) is 0. The van der Waals surface area contributed by atoms with Crippen molar-refractivity contribution in [3.05, 3.63) is 59.2 Å². The van der Waals surface area contributed by atoms with Gasteiger partial charge in [0.2, 0.25) is 0 Å². The zero-order valence-corrected chi connectivity index (χ0v) is 16.8. The van der Waals surface area contributed by atoms with Crippen LogP contribution in [0.5, 0.6) is 0 Å². The molecule has 6 heteroatoms. The summed E-state index contributed by atoms with van der Waals surface area (Å²) in [6.07, 6.45) is 6.06. The third kappa shape index (κ3) is 3.52. The van der Waals surface area contributed by atoms with Gasteiger partial charge in [-0.2, -0.15) is 5.10 Å². The highest BCUT2D eigenvalue weighted by Gasteiger charge is 2.35. The van der Waals surface area contributed by atoms with Gasteiger partial charge in [-0.15, -0.1) is 0 Å². The van der Waals surface area contributed by atoms with Crippen molar-refractivity contribution in [2.24, 2.45) is 0 Å². The summed E-state index contributed by atoms with van der Waals surface area (Å²) in [6, 6.07) is 8.82. The lowest BCUT2D eigenvalue weighted by Gasteiger charge is -2.23. The number of pyridine rings is 1. The lowest BCUT2D eigenvalue weighted by Crippen LogP contribution is -2.33. The fourth-order valence-electron chi connectivity index (χ4n) is 3.87. The van der Waals surface area contributed by atoms with E-state index in [1.54, 1.807) is 18.3 Å². The minimum Gasteiger partial charge on any atom is -0.331 e. The van der Waals surface area contributed by atoms with Crippen molar-refractivity contribution in [3.63, 3.8) is 0 Å². The Kier molecular flexibility index (Phi) is 4.37. The molecule has 1 amide bonds. The van der Waals surface area contributed by atoms with Crippen molar-refractivity contribution in [2.45, 2.75) is 64.1 Å². The highest BCUT2D eigenvalue weighted by molar-refractivity contribution is 6.05. The average Bonchev–Trinajstić information content (AvgIpc) is 3.63. The van der Waals surface area contributed by atoms with E-state index < -0.39 is 0 Å². The number of hydrogen-bond donors (Lipinski definition) is 0. The first-order valence-electron chi connectivity index (χ1n) is 10.4. The number of fused-ring (bicyclic) bond motifs is 1. The number of halogens is 1. The summed E-state index contributed by atoms with van der Waals surface area (Å²) in [5, 5.41) is 5.33. The molecule has 0 unspecified atom stereocenters. The van der Waals surface area contributed by atoms with Gasteiger partial charge in [0.25, 0.3) is 5.91 Å². The van der Waals surface area contributed by atoms with Crippen LogP contribution >= 0.6 is 0 Å². The van der Waals surface area contributed by atoms with Crippen molar-refractivity contribution < 1.29 is 9.18 Å². The molecule has 0 N–H and O–H groups in total. The lowest BCUT2D eigenvalue weighted by atomic mass is 10.1. The van der Waals surface area contributed by atoms with E-state index in [1.165, 1.54) is 12.1 Å². The molecule has 3 aromatic rings. The molecule has 29 heavy (non-hydrogen) atoms. The SMILES string of the molecule is CC(C)n1ncc2c(C(=O)N(Cc3ccc(F)cc3)C3CC3)cc(C3CC3)nc21. The first-order valence-corrected chi connectivity index (χ1v) is 10.4. The number of carbonyl (C=O) groups excluding carboxylic acids is 1. The van der Waals surface area contributed by atoms with Crippen LogP contribution in [0.1, 0.15) is 73.1 Å². The largest absolute Gasteiger partial charge is 0.331 e. The highest BCUT2D eigenvalue weighted by atomic mass is 19.1. The van der Waals surface area contributed by atoms with Crippen molar-refractivity contribution in [1.29, 1.82) is 0 Å². The molecule has 5 nitrogen and oxygen atoms in total. The van der Waals surface area contributed by atoms with Crippen LogP contribution < -0.4 is 0 Å². The average molecular weight is 392 g/mol. The number of aromatic nitrogens is 3. The van der Waals surface area contributed by atoms with Gasteiger partial charge in [-0.1, -0.05) is 12.1 Å². The van der Waals surface area contributed by atoms with Crippen molar-refractivity contribution in [1.82, 2.24) is 19.7 Å². The Hall–Kier alpha value is -2.76. The third-order valence-electron chi connectivity index (χ3n) is 5.82. The minimum atomic E-state index is -0.260. The number of rotatable bonds is 6. The van der Waals surface area contributed by atoms with Crippen LogP contribution in [0.2, 0.25) is 0 Å². The molecular weight excluding hydrogens is 367 g/mol. The Balaban J connectivity index is 1.55. The second-order valence-electron chi connectivity index (χ2n) is 8.58. The highest BCUT2D eigenvalue weighted by Crippen LogP contribution is 2.41. The van der Waals surface area contributed by atoms with E-state index in [1.807, 2.05) is 15.6 Å². The predicted molar refractivity (Wildman–Crippen MR) is 109 cm³/mol. The van der Waals surface area contributed by atoms with E-state index in [2.05, 4.69) is 18.9 Å². The third-order valence-corrected chi connectivity index (χ3v) is 5.82. The first-order chi connectivity index (χ1) is 14.0. The maximum Gasteiger partial charge on any atom is 0.255 e. The predicted octanol–water partition coefficient (Wildman–Crippen LogP) is 4.83. The molecule has 2 aliphatic rings. The van der Waals surface area contributed by atoms with Crippen LogP contribution in [0, 0.1) is 5.82 Å². The van der Waals surface area contributed by atoms with Gasteiger partial charge in [-0.25, -0.2) is 14.1 Å². The van der Waals surface area contributed by atoms with E-state index in [-0.39, 0.29) is 23.8 Å². The number of benzene rings is 1. The molecule has 2 aromatic heterocycles. The fraction of sp³-hybridized carbons (Fsp3) is 0.435. The van der Waals surface area contributed by atoms with E-state index in [0.29, 0.717) is 18.0 Å². The maximum absolute atomic E-state index is 13.7. The summed E-state index contributed by atoms with van der Waals surface area (Å²) >= 11 is 0. The molecule has 150 valence electrons. The Morgan fingerprint density at radius 3 is 2.55 bits per heavy atom. The summed E-state index contributed by atoms with van der Waals surface area (Å²) in [5.74, 6) is 0.214. The van der Waals surface area contributed by atoms with Crippen LogP contribution in [0.3, 0.4) is 0 Å². The van der Waals surface area contributed by atoms with E-state index in [0.717, 1.165) is 48.0 Å². The van der Waals surface area contributed by atoms with Crippen LogP contribution in [0.15, 0.2) is 36.5 Å². The molecular formula is C23H25FN4O. The Morgan fingerprint density at radius 2 is 1.93 bits per heavy atom. The molecule has 2 saturated carbocycles. The molecule has 0 bridgehead atoms. The van der Waals surface area contributed by atoms with Gasteiger partial charge >= 0.3 is 0 Å². The summed E-state index contributed by atoms with van der Waals surface area (Å²) in [5.41, 5.74) is 3.43. The Labute approximate surface area is 169 Å². The Morgan fingerprint density at radius 1 is 1.21 bits per heavy atom. The summed E-state index contributed by atoms with van der Waals surface area (Å²) < 4.78 is 15.2. The minimum absolute atomic E-state index is 0.0226. The smallest absolute Gasteiger partial charge is 0.255 e. The number of nitrogens with zero attached hydrogens (tertiary/aromatic N) is 4. The van der Waals surface area contributed by atoms with Gasteiger partial charge in [-0.05, 0) is 63.3 Å². The number of hydrogen-bond acceptors (Lipinski definition) is 3. The zero-order chi connectivity index (χ0) is 20.1. The monoisotopic (exact) mass is 392 g/mol. The van der Waals surface area contributed by atoms with Crippen LogP contribution in [0.25, 0.3) is 11.0 Å². The van der Waals surface area contributed by atoms with Crippen molar-refractivity contribution in [2.75, 3.05) is 0 Å². The molecule has 0 radical (unpaired) electrons. The molecule has 2 aliphatic carbocycles. The van der Waals surface area contributed by atoms with Gasteiger partial charge in [0, 0.05) is 30.2 Å². The zero-order valence-electron chi connectivity index (χ0n) is 16.8. The van der Waals surface area contributed by atoms with Crippen LogP contribution in [-0.2, 0) is 6.54 Å². The molecule has 2 heterocycles. The molecule has 1 aromatic carbocycles. The van der Waals surface area contributed by atoms with Gasteiger partial charge in [0.1, 0.15) is 5.82 Å². The van der Waals surface area contributed by atoms with Crippen LogP contribution in [-0.4, -0.2) is 31.6 Å². The van der Waals surface area contributed by atoms with E-state index in [9.17, 15) is 9.18 Å². The maximum atomic E-state index is 13.7. The van der Waals surface area contributed by atoms with Crippen molar-refractivity contribution in [3.8, 4) is 0 Å². The van der Waals surface area contributed by atoms with Gasteiger partial charge in [0.15, 0.2) is 5.65 Å². The molecule has 0 aliphatic heterocycles. The number of carbonyl (C=O) groups is 1. The topological polar surface area (TPSA) is 51.0 Å². The quantitative estimate of drug-likeness (QED) is 0.603. The standard InChI is InChI=1S/C23H25FN4O/c1-14(2)28-22-20(12-25-28)19(11-21(26-22)16-5-6-16)23(29)27(18-9-10-18)13-15-3-7-17(24)8-4-15/h3-4,7-8,11-12,14,16,18H,5-6,9-10,13H2,1-2H3. The second-order valence-corrected chi connectivity index (χ2v) is 8.58. The van der Waals surface area contributed by atoms with E-state index >= 15 is 0 Å². The number of amides is 1. The second kappa shape index (κ2) is 6.94.